The van der Waals surface area contributed by atoms with Crippen molar-refractivity contribution in [3.63, 3.8) is 0 Å². The van der Waals surface area contributed by atoms with E-state index in [1.807, 2.05) is 0 Å². The van der Waals surface area contributed by atoms with E-state index in [1.54, 1.807) is 7.11 Å². The molecule has 0 radical (unpaired) electrons. The Hall–Kier alpha value is -2.37. The third-order valence-corrected chi connectivity index (χ3v) is 7.00. The summed E-state index contributed by atoms with van der Waals surface area (Å²) in [4.78, 5) is 2.47. The molecule has 0 bridgehead atoms. The molecule has 34 heavy (non-hydrogen) atoms. The van der Waals surface area contributed by atoms with Crippen LogP contribution in [0.3, 0.4) is 0 Å². The van der Waals surface area contributed by atoms with Crippen LogP contribution >= 0.6 is 0 Å². The lowest BCUT2D eigenvalue weighted by Gasteiger charge is -2.35. The summed E-state index contributed by atoms with van der Waals surface area (Å²) >= 11 is 0. The number of benzene rings is 1. The van der Waals surface area contributed by atoms with Gasteiger partial charge in [0.05, 0.1) is 11.9 Å². The quantitative estimate of drug-likeness (QED) is 0.463. The van der Waals surface area contributed by atoms with Gasteiger partial charge in [-0.05, 0) is 61.8 Å². The second-order valence-corrected chi connectivity index (χ2v) is 10.1. The molecule has 1 fully saturated rings. The van der Waals surface area contributed by atoms with Crippen LogP contribution in [0.5, 0.6) is 0 Å². The molecule has 2 aliphatic heterocycles. The van der Waals surface area contributed by atoms with Crippen molar-refractivity contribution < 1.29 is 9.47 Å². The first kappa shape index (κ1) is 24.7. The zero-order valence-corrected chi connectivity index (χ0v) is 21.6. The zero-order chi connectivity index (χ0) is 24.1. The minimum absolute atomic E-state index is 0.0409. The van der Waals surface area contributed by atoms with E-state index in [0.717, 1.165) is 38.9 Å². The normalized spacial score (nSPS) is 24.4. The van der Waals surface area contributed by atoms with Crippen molar-refractivity contribution in [2.75, 3.05) is 25.2 Å². The Kier molecular flexibility index (Phi) is 7.95. The molecule has 1 aliphatic carbocycles. The topological polar surface area (TPSA) is 39.5 Å². The molecule has 184 valence electrons. The second kappa shape index (κ2) is 10.9. The summed E-state index contributed by atoms with van der Waals surface area (Å²) in [6, 6.07) is 10.7. The highest BCUT2D eigenvalue weighted by Crippen LogP contribution is 2.51. The number of aromatic nitrogens is 2. The van der Waals surface area contributed by atoms with Crippen molar-refractivity contribution in [2.24, 2.45) is 11.3 Å². The number of rotatable bonds is 6. The molecule has 0 spiro atoms. The van der Waals surface area contributed by atoms with Gasteiger partial charge >= 0.3 is 0 Å². The molecule has 0 saturated carbocycles. The maximum absolute atomic E-state index is 6.07. The predicted octanol–water partition coefficient (Wildman–Crippen LogP) is 6.98. The molecule has 1 saturated heterocycles. The van der Waals surface area contributed by atoms with Gasteiger partial charge in [0, 0.05) is 42.8 Å². The average molecular weight is 464 g/mol. The van der Waals surface area contributed by atoms with Crippen LogP contribution in [0.4, 0.5) is 5.69 Å². The third-order valence-electron chi connectivity index (χ3n) is 7.00. The van der Waals surface area contributed by atoms with E-state index in [1.165, 1.54) is 41.2 Å². The van der Waals surface area contributed by atoms with Gasteiger partial charge in [-0.15, -0.1) is 0 Å². The van der Waals surface area contributed by atoms with Gasteiger partial charge in [0.25, 0.3) is 0 Å². The van der Waals surface area contributed by atoms with Gasteiger partial charge in [-0.2, -0.15) is 5.10 Å². The summed E-state index contributed by atoms with van der Waals surface area (Å²) < 4.78 is 13.6. The van der Waals surface area contributed by atoms with Gasteiger partial charge in [0.15, 0.2) is 6.23 Å². The summed E-state index contributed by atoms with van der Waals surface area (Å²) in [5.74, 6) is 0.407. The van der Waals surface area contributed by atoms with E-state index >= 15 is 0 Å². The molecule has 3 atom stereocenters. The van der Waals surface area contributed by atoms with E-state index in [-0.39, 0.29) is 11.6 Å². The Balaban J connectivity index is 0.000000868. The van der Waals surface area contributed by atoms with Crippen LogP contribution in [0.25, 0.3) is 6.08 Å². The Bertz CT molecular complexity index is 1000. The first-order valence-electron chi connectivity index (χ1n) is 13.0. The van der Waals surface area contributed by atoms with E-state index in [0.29, 0.717) is 5.92 Å². The highest BCUT2D eigenvalue weighted by atomic mass is 16.5. The molecule has 1 aromatic carbocycles. The van der Waals surface area contributed by atoms with Crippen LogP contribution in [0.15, 0.2) is 54.0 Å². The summed E-state index contributed by atoms with van der Waals surface area (Å²) in [5, 5.41) is 4.76. The van der Waals surface area contributed by atoms with Crippen LogP contribution in [-0.2, 0) is 15.9 Å². The molecular formula is C29H41N3O2. The fraction of sp³-hybridized carbons (Fsp3) is 0.552. The van der Waals surface area contributed by atoms with Crippen molar-refractivity contribution in [1.29, 1.82) is 0 Å². The fourth-order valence-electron chi connectivity index (χ4n) is 5.27. The Morgan fingerprint density at radius 3 is 2.65 bits per heavy atom. The van der Waals surface area contributed by atoms with Gasteiger partial charge in [0.1, 0.15) is 0 Å². The third kappa shape index (κ3) is 4.87. The van der Waals surface area contributed by atoms with Crippen LogP contribution in [0, 0.1) is 11.3 Å². The Morgan fingerprint density at radius 2 is 1.97 bits per heavy atom. The molecule has 1 aromatic heterocycles. The van der Waals surface area contributed by atoms with Gasteiger partial charge < -0.3 is 14.4 Å². The van der Waals surface area contributed by atoms with E-state index in [9.17, 15) is 0 Å². The maximum Gasteiger partial charge on any atom is 0.150 e. The summed E-state index contributed by atoms with van der Waals surface area (Å²) in [6.45, 7) is 10.5. The molecule has 0 N–H and O–H groups in total. The first-order valence-corrected chi connectivity index (χ1v) is 13.0. The number of ether oxygens (including phenoxy) is 2. The standard InChI is InChI=1S/C26H33N3O2.C3H8/c1-19(12-14-30-3)23-17-26(2)16-20-18-27-29(25-11-7-8-13-31-25)22(20)15-24(26)28(23)21-9-5-4-6-10-21;1-3-2/h4-6,9-10,15,17-19,25H,7-8,11-14,16H2,1-3H3;3H2,1-2H3. The number of anilines is 1. The number of fused-ring (bicyclic) bond motifs is 2. The van der Waals surface area contributed by atoms with Gasteiger partial charge in [-0.25, -0.2) is 4.68 Å². The Labute approximate surface area is 205 Å². The highest BCUT2D eigenvalue weighted by molar-refractivity contribution is 5.73. The summed E-state index contributed by atoms with van der Waals surface area (Å²) in [5.41, 5.74) is 6.41. The molecular weight excluding hydrogens is 422 g/mol. The largest absolute Gasteiger partial charge is 0.385 e. The predicted molar refractivity (Wildman–Crippen MR) is 139 cm³/mol. The van der Waals surface area contributed by atoms with Crippen LogP contribution < -0.4 is 4.90 Å². The number of para-hydroxylation sites is 1. The van der Waals surface area contributed by atoms with Crippen molar-refractivity contribution in [2.45, 2.75) is 72.4 Å². The number of nitrogens with zero attached hydrogens (tertiary/aromatic N) is 3. The van der Waals surface area contributed by atoms with Crippen LogP contribution in [0.1, 0.15) is 77.3 Å². The zero-order valence-electron chi connectivity index (χ0n) is 21.6. The average Bonchev–Trinajstić information content (AvgIpc) is 3.39. The highest BCUT2D eigenvalue weighted by Gasteiger charge is 2.44. The smallest absolute Gasteiger partial charge is 0.150 e. The van der Waals surface area contributed by atoms with Crippen molar-refractivity contribution in [3.8, 4) is 0 Å². The van der Waals surface area contributed by atoms with Gasteiger partial charge in [-0.3, -0.25) is 0 Å². The fourth-order valence-corrected chi connectivity index (χ4v) is 5.27. The minimum Gasteiger partial charge on any atom is -0.385 e. The molecule has 3 heterocycles. The molecule has 0 amide bonds. The molecule has 5 rings (SSSR count). The second-order valence-electron chi connectivity index (χ2n) is 10.1. The van der Waals surface area contributed by atoms with Crippen molar-refractivity contribution >= 4 is 11.8 Å². The molecule has 3 aliphatic rings. The number of hydrogen-bond donors (Lipinski definition) is 0. The lowest BCUT2D eigenvalue weighted by Crippen LogP contribution is -2.30. The lowest BCUT2D eigenvalue weighted by atomic mass is 9.77. The minimum atomic E-state index is -0.0409. The van der Waals surface area contributed by atoms with E-state index < -0.39 is 0 Å². The number of methoxy groups -OCH3 is 1. The molecule has 2 aromatic rings. The van der Waals surface area contributed by atoms with E-state index in [4.69, 9.17) is 14.6 Å². The Morgan fingerprint density at radius 1 is 1.21 bits per heavy atom. The van der Waals surface area contributed by atoms with Crippen molar-refractivity contribution in [3.05, 3.63) is 65.3 Å². The molecule has 3 unspecified atom stereocenters. The van der Waals surface area contributed by atoms with Crippen LogP contribution in [-0.4, -0.2) is 30.1 Å². The summed E-state index contributed by atoms with van der Waals surface area (Å²) in [6.07, 6.45) is 13.6. The molecule has 5 heteroatoms. The summed E-state index contributed by atoms with van der Waals surface area (Å²) in [7, 11) is 1.78. The SMILES string of the molecule is CCC.COCCC(C)C1=CC2(C)Cc3cnn(C4CCCCO4)c3C=C2N1c1ccccc1. The van der Waals surface area contributed by atoms with E-state index in [2.05, 4.69) is 86.0 Å². The molecule has 5 nitrogen and oxygen atoms in total. The lowest BCUT2D eigenvalue weighted by molar-refractivity contribution is -0.0399. The number of hydrogen-bond acceptors (Lipinski definition) is 4. The first-order chi connectivity index (χ1) is 16.5. The van der Waals surface area contributed by atoms with Gasteiger partial charge in [0.2, 0.25) is 0 Å². The maximum atomic E-state index is 6.07. The van der Waals surface area contributed by atoms with Crippen molar-refractivity contribution in [1.82, 2.24) is 9.78 Å². The number of allylic oxidation sites excluding steroid dienone is 2. The van der Waals surface area contributed by atoms with Crippen LogP contribution in [0.2, 0.25) is 0 Å². The van der Waals surface area contributed by atoms with Gasteiger partial charge in [-0.1, -0.05) is 58.4 Å². The monoisotopic (exact) mass is 463 g/mol.